The van der Waals surface area contributed by atoms with Gasteiger partial charge in [-0.2, -0.15) is 0 Å². The Labute approximate surface area is 157 Å². The standard InChI is InChI=1S/C16H11Cl3N2O2S/c1-8-4-10(17)2-3-13(8)23-7-14-20-21-16(24-14)9-5-11(18)15(22)12(19)6-9/h2-6,22H,7H2,1H3. The molecule has 8 heteroatoms. The number of hydrogen-bond donors (Lipinski definition) is 1. The van der Waals surface area contributed by atoms with Gasteiger partial charge >= 0.3 is 0 Å². The number of ether oxygens (including phenoxy) is 1. The van der Waals surface area contributed by atoms with Gasteiger partial charge < -0.3 is 9.84 Å². The SMILES string of the molecule is Cc1cc(Cl)ccc1OCc1nnc(-c2cc(Cl)c(O)c(Cl)c2)s1. The average molecular weight is 402 g/mol. The maximum atomic E-state index is 9.61. The molecule has 4 nitrogen and oxygen atoms in total. The first-order chi connectivity index (χ1) is 11.4. The summed E-state index contributed by atoms with van der Waals surface area (Å²) < 4.78 is 5.75. The van der Waals surface area contributed by atoms with Gasteiger partial charge in [0.15, 0.2) is 10.8 Å². The summed E-state index contributed by atoms with van der Waals surface area (Å²) in [5.41, 5.74) is 1.64. The summed E-state index contributed by atoms with van der Waals surface area (Å²) >= 11 is 19.2. The zero-order valence-electron chi connectivity index (χ0n) is 12.4. The molecule has 0 aliphatic rings. The molecule has 0 aliphatic heterocycles. The van der Waals surface area contributed by atoms with E-state index in [0.717, 1.165) is 11.3 Å². The second kappa shape index (κ2) is 7.15. The van der Waals surface area contributed by atoms with E-state index in [1.165, 1.54) is 11.3 Å². The number of rotatable bonds is 4. The number of hydrogen-bond acceptors (Lipinski definition) is 5. The van der Waals surface area contributed by atoms with Crippen molar-refractivity contribution < 1.29 is 9.84 Å². The van der Waals surface area contributed by atoms with E-state index in [1.54, 1.807) is 18.2 Å². The van der Waals surface area contributed by atoms with E-state index in [2.05, 4.69) is 10.2 Å². The van der Waals surface area contributed by atoms with E-state index in [9.17, 15) is 5.11 Å². The molecule has 124 valence electrons. The molecule has 0 atom stereocenters. The van der Waals surface area contributed by atoms with E-state index in [1.807, 2.05) is 19.1 Å². The fraction of sp³-hybridized carbons (Fsp3) is 0.125. The molecule has 0 amide bonds. The number of phenols is 1. The third-order valence-electron chi connectivity index (χ3n) is 3.22. The zero-order valence-corrected chi connectivity index (χ0v) is 15.5. The van der Waals surface area contributed by atoms with Crippen molar-refractivity contribution in [3.8, 4) is 22.1 Å². The molecule has 0 saturated heterocycles. The van der Waals surface area contributed by atoms with Gasteiger partial charge in [0.05, 0.1) is 10.0 Å². The number of nitrogens with zero attached hydrogens (tertiary/aromatic N) is 2. The molecule has 0 unspecified atom stereocenters. The van der Waals surface area contributed by atoms with Gasteiger partial charge in [0, 0.05) is 10.6 Å². The van der Waals surface area contributed by atoms with Crippen LogP contribution in [0.2, 0.25) is 15.1 Å². The Morgan fingerprint density at radius 3 is 2.46 bits per heavy atom. The Hall–Kier alpha value is -1.53. The Kier molecular flexibility index (Phi) is 5.15. The van der Waals surface area contributed by atoms with Gasteiger partial charge in [0.2, 0.25) is 0 Å². The van der Waals surface area contributed by atoms with Gasteiger partial charge in [-0.05, 0) is 42.8 Å². The summed E-state index contributed by atoms with van der Waals surface area (Å²) in [5.74, 6) is 0.597. The second-order valence-corrected chi connectivity index (χ2v) is 7.30. The number of aromatic nitrogens is 2. The van der Waals surface area contributed by atoms with Crippen molar-refractivity contribution in [3.05, 3.63) is 56.0 Å². The third kappa shape index (κ3) is 3.75. The highest BCUT2D eigenvalue weighted by Gasteiger charge is 2.13. The Balaban J connectivity index is 1.76. The average Bonchev–Trinajstić information content (AvgIpc) is 3.00. The van der Waals surface area contributed by atoms with Gasteiger partial charge in [0.1, 0.15) is 17.4 Å². The molecular formula is C16H11Cl3N2O2S. The van der Waals surface area contributed by atoms with E-state index in [0.29, 0.717) is 27.2 Å². The molecule has 0 bridgehead atoms. The van der Waals surface area contributed by atoms with Gasteiger partial charge in [-0.25, -0.2) is 0 Å². The van der Waals surface area contributed by atoms with Crippen LogP contribution in [0.1, 0.15) is 10.6 Å². The minimum atomic E-state index is -0.145. The van der Waals surface area contributed by atoms with Crippen LogP contribution in [-0.4, -0.2) is 15.3 Å². The molecule has 1 N–H and O–H groups in total. The van der Waals surface area contributed by atoms with Crippen LogP contribution in [0.3, 0.4) is 0 Å². The van der Waals surface area contributed by atoms with Gasteiger partial charge in [-0.15, -0.1) is 10.2 Å². The Bertz CT molecular complexity index is 876. The predicted molar refractivity (Wildman–Crippen MR) is 97.6 cm³/mol. The quantitative estimate of drug-likeness (QED) is 0.604. The highest BCUT2D eigenvalue weighted by molar-refractivity contribution is 7.14. The molecule has 0 radical (unpaired) electrons. The van der Waals surface area contributed by atoms with E-state index >= 15 is 0 Å². The number of aromatic hydroxyl groups is 1. The fourth-order valence-corrected chi connectivity index (χ4v) is 3.49. The van der Waals surface area contributed by atoms with Crippen LogP contribution >= 0.6 is 46.1 Å². The summed E-state index contributed by atoms with van der Waals surface area (Å²) in [4.78, 5) is 0. The fourth-order valence-electron chi connectivity index (χ4n) is 2.03. The summed E-state index contributed by atoms with van der Waals surface area (Å²) in [6, 6.07) is 8.62. The molecule has 1 aromatic heterocycles. The molecule has 1 heterocycles. The van der Waals surface area contributed by atoms with Crippen LogP contribution in [0, 0.1) is 6.92 Å². The molecule has 0 saturated carbocycles. The lowest BCUT2D eigenvalue weighted by atomic mass is 10.2. The van der Waals surface area contributed by atoms with Gasteiger partial charge in [-0.3, -0.25) is 0 Å². The van der Waals surface area contributed by atoms with Crippen LogP contribution in [0.25, 0.3) is 10.6 Å². The van der Waals surface area contributed by atoms with Crippen molar-refractivity contribution >= 4 is 46.1 Å². The van der Waals surface area contributed by atoms with Crippen molar-refractivity contribution in [1.29, 1.82) is 0 Å². The molecule has 0 spiro atoms. The first kappa shape index (κ1) is 17.3. The summed E-state index contributed by atoms with van der Waals surface area (Å²) in [6.07, 6.45) is 0. The topological polar surface area (TPSA) is 55.2 Å². The maximum Gasteiger partial charge on any atom is 0.155 e. The highest BCUT2D eigenvalue weighted by Crippen LogP contribution is 2.37. The lowest BCUT2D eigenvalue weighted by Crippen LogP contribution is -1.96. The molecule has 3 aromatic rings. The number of phenolic OH excluding ortho intramolecular Hbond substituents is 1. The monoisotopic (exact) mass is 400 g/mol. The van der Waals surface area contributed by atoms with Crippen LogP contribution in [0.5, 0.6) is 11.5 Å². The smallest absolute Gasteiger partial charge is 0.155 e. The van der Waals surface area contributed by atoms with Crippen LogP contribution < -0.4 is 4.74 Å². The minimum Gasteiger partial charge on any atom is -0.505 e. The largest absolute Gasteiger partial charge is 0.505 e. The number of benzene rings is 2. The minimum absolute atomic E-state index is 0.145. The summed E-state index contributed by atoms with van der Waals surface area (Å²) in [7, 11) is 0. The molecule has 24 heavy (non-hydrogen) atoms. The highest BCUT2D eigenvalue weighted by atomic mass is 35.5. The van der Waals surface area contributed by atoms with Crippen LogP contribution in [0.15, 0.2) is 30.3 Å². The molecule has 3 rings (SSSR count). The Morgan fingerprint density at radius 1 is 1.08 bits per heavy atom. The third-order valence-corrected chi connectivity index (χ3v) is 4.98. The van der Waals surface area contributed by atoms with Crippen molar-refractivity contribution in [2.45, 2.75) is 13.5 Å². The van der Waals surface area contributed by atoms with Crippen LogP contribution in [0.4, 0.5) is 0 Å². The molecular weight excluding hydrogens is 391 g/mol. The van der Waals surface area contributed by atoms with Crippen molar-refractivity contribution in [3.63, 3.8) is 0 Å². The first-order valence-electron chi connectivity index (χ1n) is 6.84. The van der Waals surface area contributed by atoms with Gasteiger partial charge in [-0.1, -0.05) is 46.1 Å². The molecule has 0 fully saturated rings. The number of aryl methyl sites for hydroxylation is 1. The van der Waals surface area contributed by atoms with Crippen molar-refractivity contribution in [1.82, 2.24) is 10.2 Å². The van der Waals surface area contributed by atoms with Gasteiger partial charge in [0.25, 0.3) is 0 Å². The van der Waals surface area contributed by atoms with Crippen molar-refractivity contribution in [2.24, 2.45) is 0 Å². The maximum absolute atomic E-state index is 9.61. The summed E-state index contributed by atoms with van der Waals surface area (Å²) in [6.45, 7) is 2.22. The lowest BCUT2D eigenvalue weighted by molar-refractivity contribution is 0.302. The van der Waals surface area contributed by atoms with E-state index in [4.69, 9.17) is 39.5 Å². The van der Waals surface area contributed by atoms with Crippen LogP contribution in [-0.2, 0) is 6.61 Å². The first-order valence-corrected chi connectivity index (χ1v) is 8.79. The normalized spacial score (nSPS) is 10.8. The molecule has 0 aliphatic carbocycles. The number of halogens is 3. The van der Waals surface area contributed by atoms with Crippen molar-refractivity contribution in [2.75, 3.05) is 0 Å². The molecule has 2 aromatic carbocycles. The second-order valence-electron chi connectivity index (χ2n) is 4.99. The van der Waals surface area contributed by atoms with E-state index in [-0.39, 0.29) is 15.8 Å². The summed E-state index contributed by atoms with van der Waals surface area (Å²) in [5, 5.41) is 20.2. The zero-order chi connectivity index (χ0) is 17.3. The predicted octanol–water partition coefficient (Wildman–Crippen LogP) is 5.76. The Morgan fingerprint density at radius 2 is 1.79 bits per heavy atom. The van der Waals surface area contributed by atoms with E-state index < -0.39 is 0 Å². The lowest BCUT2D eigenvalue weighted by Gasteiger charge is -2.07.